The smallest absolute Gasteiger partial charge is 0.356 e. The zero-order chi connectivity index (χ0) is 17.1. The zero-order valence-electron chi connectivity index (χ0n) is 12.4. The first-order chi connectivity index (χ1) is 11.4. The number of fused-ring (bicyclic) bond motifs is 1. The Balaban J connectivity index is 1.47. The minimum Gasteiger partial charge on any atom is -0.476 e. The van der Waals surface area contributed by atoms with Crippen LogP contribution >= 0.6 is 15.9 Å². The molecule has 1 saturated heterocycles. The predicted molar refractivity (Wildman–Crippen MR) is 84.4 cm³/mol. The highest BCUT2D eigenvalue weighted by Gasteiger charge is 2.71. The topological polar surface area (TPSA) is 71.2 Å². The molecule has 2 fully saturated rings. The van der Waals surface area contributed by atoms with Crippen molar-refractivity contribution in [2.75, 3.05) is 18.0 Å². The van der Waals surface area contributed by atoms with Crippen LogP contribution in [0.4, 0.5) is 14.6 Å². The lowest BCUT2D eigenvalue weighted by Crippen LogP contribution is -2.28. The molecule has 9 heteroatoms. The summed E-state index contributed by atoms with van der Waals surface area (Å²) >= 11 is 3.40. The number of nitrogens with zero attached hydrogens (tertiary/aromatic N) is 4. The van der Waals surface area contributed by atoms with Crippen LogP contribution in [-0.4, -0.2) is 44.6 Å². The van der Waals surface area contributed by atoms with Crippen molar-refractivity contribution in [2.45, 2.75) is 12.5 Å². The number of alkyl halides is 2. The second-order valence-corrected chi connectivity index (χ2v) is 6.90. The third kappa shape index (κ3) is 2.47. The highest BCUT2D eigenvalue weighted by Crippen LogP contribution is 2.59. The van der Waals surface area contributed by atoms with Gasteiger partial charge in [0.1, 0.15) is 10.4 Å². The Bertz CT molecular complexity index is 812. The lowest BCUT2D eigenvalue weighted by atomic mass is 10.2. The highest BCUT2D eigenvalue weighted by atomic mass is 79.9. The molecular formula is C15H13BrF2N4O2. The number of piperidine rings is 1. The third-order valence-corrected chi connectivity index (χ3v) is 5.33. The Labute approximate surface area is 144 Å². The SMILES string of the molecule is O=C(O)c1cn(Cc2ccc(N3CC4[C@H](C3)C4(F)F)nc2Br)cn1. The number of rotatable bonds is 4. The van der Waals surface area contributed by atoms with Crippen molar-refractivity contribution in [2.24, 2.45) is 11.8 Å². The molecule has 0 radical (unpaired) electrons. The summed E-state index contributed by atoms with van der Waals surface area (Å²) in [5.74, 6) is -4.00. The van der Waals surface area contributed by atoms with Crippen LogP contribution in [0.2, 0.25) is 0 Å². The van der Waals surface area contributed by atoms with Crippen LogP contribution in [0.25, 0.3) is 0 Å². The molecule has 2 aromatic heterocycles. The van der Waals surface area contributed by atoms with Gasteiger partial charge in [0.15, 0.2) is 5.69 Å². The second kappa shape index (κ2) is 5.23. The van der Waals surface area contributed by atoms with Gasteiger partial charge in [-0.25, -0.2) is 23.5 Å². The average molecular weight is 399 g/mol. The number of hydrogen-bond donors (Lipinski definition) is 1. The molecule has 0 amide bonds. The molecule has 1 N–H and O–H groups in total. The number of aromatic carboxylic acids is 1. The predicted octanol–water partition coefficient (Wildman–Crippen LogP) is 2.49. The van der Waals surface area contributed by atoms with Crippen molar-refractivity contribution in [3.63, 3.8) is 0 Å². The van der Waals surface area contributed by atoms with Crippen LogP contribution in [0.1, 0.15) is 16.1 Å². The summed E-state index contributed by atoms with van der Waals surface area (Å²) in [7, 11) is 0. The van der Waals surface area contributed by atoms with E-state index in [4.69, 9.17) is 5.11 Å². The molecule has 4 rings (SSSR count). The molecule has 0 bridgehead atoms. The molecule has 1 unspecified atom stereocenters. The molecule has 2 aromatic rings. The van der Waals surface area contributed by atoms with Crippen LogP contribution in [0.3, 0.4) is 0 Å². The van der Waals surface area contributed by atoms with Crippen LogP contribution in [0, 0.1) is 11.8 Å². The minimum absolute atomic E-state index is 0.0204. The average Bonchev–Trinajstić information content (AvgIpc) is 3.00. The fourth-order valence-corrected chi connectivity index (χ4v) is 3.64. The van der Waals surface area contributed by atoms with Crippen molar-refractivity contribution < 1.29 is 18.7 Å². The molecule has 0 aromatic carbocycles. The normalized spacial score (nSPS) is 24.0. The van der Waals surface area contributed by atoms with Gasteiger partial charge in [-0.1, -0.05) is 6.07 Å². The van der Waals surface area contributed by atoms with Crippen molar-refractivity contribution in [3.8, 4) is 0 Å². The summed E-state index contributed by atoms with van der Waals surface area (Å²) in [5, 5.41) is 8.88. The van der Waals surface area contributed by atoms with E-state index in [0.29, 0.717) is 30.1 Å². The summed E-state index contributed by atoms with van der Waals surface area (Å²) in [6, 6.07) is 3.66. The van der Waals surface area contributed by atoms with Crippen molar-refractivity contribution >= 4 is 27.7 Å². The van der Waals surface area contributed by atoms with Gasteiger partial charge in [0.2, 0.25) is 0 Å². The molecule has 0 spiro atoms. The first kappa shape index (κ1) is 15.5. The molecule has 2 aliphatic rings. The van der Waals surface area contributed by atoms with Gasteiger partial charge < -0.3 is 14.6 Å². The molecular weight excluding hydrogens is 386 g/mol. The number of anilines is 1. The summed E-state index contributed by atoms with van der Waals surface area (Å²) in [5.41, 5.74) is 0.829. The lowest BCUT2D eigenvalue weighted by molar-refractivity contribution is 0.0690. The number of carbonyl (C=O) groups is 1. The van der Waals surface area contributed by atoms with Gasteiger partial charge in [-0.2, -0.15) is 0 Å². The second-order valence-electron chi connectivity index (χ2n) is 6.15. The maximum atomic E-state index is 13.3. The van der Waals surface area contributed by atoms with Gasteiger partial charge in [-0.3, -0.25) is 0 Å². The maximum Gasteiger partial charge on any atom is 0.356 e. The van der Waals surface area contributed by atoms with E-state index in [0.717, 1.165) is 5.56 Å². The van der Waals surface area contributed by atoms with Crippen molar-refractivity contribution in [3.05, 3.63) is 40.5 Å². The van der Waals surface area contributed by atoms with Crippen LogP contribution in [0.15, 0.2) is 29.3 Å². The van der Waals surface area contributed by atoms with Gasteiger partial charge in [-0.15, -0.1) is 0 Å². The molecule has 1 aliphatic carbocycles. The van der Waals surface area contributed by atoms with Gasteiger partial charge in [0, 0.05) is 24.8 Å². The monoisotopic (exact) mass is 398 g/mol. The molecule has 24 heavy (non-hydrogen) atoms. The molecule has 126 valence electrons. The largest absolute Gasteiger partial charge is 0.476 e. The van der Waals surface area contributed by atoms with E-state index in [1.807, 2.05) is 11.0 Å². The third-order valence-electron chi connectivity index (χ3n) is 4.64. The zero-order valence-corrected chi connectivity index (χ0v) is 13.9. The number of carboxylic acid groups (broad SMARTS) is 1. The van der Waals surface area contributed by atoms with E-state index in [1.165, 1.54) is 12.5 Å². The fourth-order valence-electron chi connectivity index (χ4n) is 3.20. The summed E-state index contributed by atoms with van der Waals surface area (Å²) in [6.07, 6.45) is 2.89. The fraction of sp³-hybridized carbons (Fsp3) is 0.400. The Hall–Kier alpha value is -2.03. The van der Waals surface area contributed by atoms with Crippen molar-refractivity contribution in [1.82, 2.24) is 14.5 Å². The van der Waals surface area contributed by atoms with Gasteiger partial charge >= 0.3 is 5.97 Å². The van der Waals surface area contributed by atoms with Gasteiger partial charge in [0.05, 0.1) is 24.7 Å². The summed E-state index contributed by atoms with van der Waals surface area (Å²) < 4.78 is 28.8. The van der Waals surface area contributed by atoms with Crippen molar-refractivity contribution in [1.29, 1.82) is 0 Å². The highest BCUT2D eigenvalue weighted by molar-refractivity contribution is 9.10. The van der Waals surface area contributed by atoms with Gasteiger partial charge in [-0.05, 0) is 22.0 Å². The summed E-state index contributed by atoms with van der Waals surface area (Å²) in [4.78, 5) is 21.0. The van der Waals surface area contributed by atoms with Crippen LogP contribution in [0.5, 0.6) is 0 Å². The van der Waals surface area contributed by atoms with E-state index in [1.54, 1.807) is 10.6 Å². The first-order valence-electron chi connectivity index (χ1n) is 7.39. The Kier molecular flexibility index (Phi) is 3.38. The number of aromatic nitrogens is 3. The molecule has 2 atom stereocenters. The standard InChI is InChI=1S/C15H13BrF2N4O2/c16-13-8(3-21-6-11(14(23)24)19-7-21)1-2-12(20-13)22-4-9-10(5-22)15(9,17)18/h1-2,6-7,9-10H,3-5H2,(H,23,24)/t9-,10?/m0/s1. The van der Waals surface area contributed by atoms with E-state index in [-0.39, 0.29) is 5.69 Å². The first-order valence-corrected chi connectivity index (χ1v) is 8.19. The lowest BCUT2D eigenvalue weighted by Gasteiger charge is -2.21. The summed E-state index contributed by atoms with van der Waals surface area (Å²) in [6.45, 7) is 1.08. The number of pyridine rings is 1. The maximum absolute atomic E-state index is 13.3. The molecule has 1 saturated carbocycles. The molecule has 1 aliphatic heterocycles. The number of hydrogen-bond acceptors (Lipinski definition) is 4. The minimum atomic E-state index is -2.50. The van der Waals surface area contributed by atoms with E-state index in [2.05, 4.69) is 25.9 Å². The quantitative estimate of drug-likeness (QED) is 0.801. The number of halogens is 3. The number of imidazole rings is 1. The van der Waals surface area contributed by atoms with E-state index in [9.17, 15) is 13.6 Å². The van der Waals surface area contributed by atoms with E-state index < -0.39 is 23.7 Å². The van der Waals surface area contributed by atoms with Crippen LogP contribution < -0.4 is 4.90 Å². The molecule has 6 nitrogen and oxygen atoms in total. The Morgan fingerprint density at radius 2 is 2.08 bits per heavy atom. The molecule has 3 heterocycles. The Morgan fingerprint density at radius 3 is 2.67 bits per heavy atom. The van der Waals surface area contributed by atoms with Gasteiger partial charge in [0.25, 0.3) is 5.92 Å². The van der Waals surface area contributed by atoms with Crippen LogP contribution in [-0.2, 0) is 6.54 Å². The van der Waals surface area contributed by atoms with E-state index >= 15 is 0 Å². The number of carboxylic acids is 1. The Morgan fingerprint density at radius 1 is 1.38 bits per heavy atom.